The van der Waals surface area contributed by atoms with Gasteiger partial charge in [-0.15, -0.1) is 0 Å². The van der Waals surface area contributed by atoms with Crippen LogP contribution < -0.4 is 4.74 Å². The van der Waals surface area contributed by atoms with Crippen molar-refractivity contribution in [1.82, 2.24) is 0 Å². The molecule has 25 heavy (non-hydrogen) atoms. The zero-order valence-corrected chi connectivity index (χ0v) is 15.5. The van der Waals surface area contributed by atoms with E-state index in [4.69, 9.17) is 25.8 Å². The topological polar surface area (TPSA) is 44.8 Å². The van der Waals surface area contributed by atoms with Crippen LogP contribution in [-0.2, 0) is 9.47 Å². The second kappa shape index (κ2) is 6.70. The molecule has 0 saturated heterocycles. The van der Waals surface area contributed by atoms with Gasteiger partial charge in [0.05, 0.1) is 17.2 Å². The quantitative estimate of drug-likeness (QED) is 0.718. The summed E-state index contributed by atoms with van der Waals surface area (Å²) in [5, 5.41) is 0.418. The van der Waals surface area contributed by atoms with Crippen LogP contribution in [0.2, 0.25) is 5.02 Å². The molecule has 4 nitrogen and oxygen atoms in total. The summed E-state index contributed by atoms with van der Waals surface area (Å²) in [6.07, 6.45) is -0.372. The summed E-state index contributed by atoms with van der Waals surface area (Å²) in [7, 11) is 0. The molecule has 1 aliphatic heterocycles. The third-order valence-electron chi connectivity index (χ3n) is 4.00. The van der Waals surface area contributed by atoms with E-state index < -0.39 is 11.8 Å². The monoisotopic (exact) mass is 360 g/mol. The molecule has 0 saturated carbocycles. The molecule has 0 fully saturated rings. The Balaban J connectivity index is 2.10. The van der Waals surface area contributed by atoms with Gasteiger partial charge in [-0.3, -0.25) is 0 Å². The molecule has 2 aromatic carbocycles. The van der Waals surface area contributed by atoms with Gasteiger partial charge in [-0.25, -0.2) is 4.79 Å². The lowest BCUT2D eigenvalue weighted by molar-refractivity contribution is -0.196. The van der Waals surface area contributed by atoms with Gasteiger partial charge in [0, 0.05) is 19.4 Å². The fourth-order valence-electron chi connectivity index (χ4n) is 2.87. The van der Waals surface area contributed by atoms with Crippen LogP contribution in [0, 0.1) is 6.92 Å². The van der Waals surface area contributed by atoms with Crippen LogP contribution in [0.1, 0.15) is 53.9 Å². The minimum Gasteiger partial charge on any atom is -0.462 e. The molecule has 0 N–H and O–H groups in total. The molecule has 0 aromatic heterocycles. The van der Waals surface area contributed by atoms with Gasteiger partial charge in [0.25, 0.3) is 0 Å². The molecule has 0 aliphatic carbocycles. The molecule has 5 heteroatoms. The standard InChI is InChI=1S/C20H21ClO4/c1-5-23-19(22)14-10-15(21)17-16(11-14)24-20(3,4)25-18(17)13-8-6-12(2)7-9-13/h6-11,18H,5H2,1-4H3. The number of carbonyl (C=O) groups excluding carboxylic acids is 1. The number of ether oxygens (including phenoxy) is 3. The Morgan fingerprint density at radius 3 is 2.56 bits per heavy atom. The number of aryl methyl sites for hydroxylation is 1. The van der Waals surface area contributed by atoms with Crippen molar-refractivity contribution in [2.24, 2.45) is 0 Å². The summed E-state index contributed by atoms with van der Waals surface area (Å²) in [6.45, 7) is 7.77. The van der Waals surface area contributed by atoms with Crippen molar-refractivity contribution in [3.63, 3.8) is 0 Å². The molecule has 1 heterocycles. The highest BCUT2D eigenvalue weighted by Gasteiger charge is 2.37. The van der Waals surface area contributed by atoms with Gasteiger partial charge in [-0.1, -0.05) is 41.4 Å². The highest BCUT2D eigenvalue weighted by Crippen LogP contribution is 2.46. The molecule has 1 aliphatic rings. The highest BCUT2D eigenvalue weighted by atomic mass is 35.5. The van der Waals surface area contributed by atoms with E-state index in [2.05, 4.69) is 0 Å². The van der Waals surface area contributed by atoms with E-state index in [1.807, 2.05) is 45.0 Å². The molecule has 0 radical (unpaired) electrons. The van der Waals surface area contributed by atoms with E-state index in [0.717, 1.165) is 11.1 Å². The molecule has 0 amide bonds. The minimum atomic E-state index is -0.848. The first-order chi connectivity index (χ1) is 11.8. The van der Waals surface area contributed by atoms with Gasteiger partial charge < -0.3 is 14.2 Å². The third kappa shape index (κ3) is 3.65. The molecule has 0 bridgehead atoms. The van der Waals surface area contributed by atoms with Gasteiger partial charge in [-0.05, 0) is 31.5 Å². The number of halogens is 1. The number of carbonyl (C=O) groups is 1. The Bertz CT molecular complexity index is 796. The lowest BCUT2D eigenvalue weighted by Crippen LogP contribution is -2.38. The molecule has 1 atom stereocenters. The van der Waals surface area contributed by atoms with Crippen LogP contribution in [0.5, 0.6) is 5.75 Å². The van der Waals surface area contributed by atoms with Crippen molar-refractivity contribution in [3.05, 3.63) is 63.7 Å². The average Bonchev–Trinajstić information content (AvgIpc) is 2.53. The zero-order valence-electron chi connectivity index (χ0n) is 14.8. The SMILES string of the molecule is CCOC(=O)c1cc(Cl)c2c(c1)OC(C)(C)OC2c1ccc(C)cc1. The van der Waals surface area contributed by atoms with Crippen LogP contribution >= 0.6 is 11.6 Å². The Hall–Kier alpha value is -2.04. The summed E-state index contributed by atoms with van der Waals surface area (Å²) >= 11 is 6.49. The first-order valence-corrected chi connectivity index (χ1v) is 8.62. The van der Waals surface area contributed by atoms with Crippen molar-refractivity contribution in [2.75, 3.05) is 6.61 Å². The fourth-order valence-corrected chi connectivity index (χ4v) is 3.18. The first kappa shape index (κ1) is 17.8. The maximum Gasteiger partial charge on any atom is 0.338 e. The van der Waals surface area contributed by atoms with Crippen LogP contribution in [0.4, 0.5) is 0 Å². The van der Waals surface area contributed by atoms with Crippen molar-refractivity contribution in [1.29, 1.82) is 0 Å². The molecular formula is C20H21ClO4. The van der Waals surface area contributed by atoms with Gasteiger partial charge >= 0.3 is 5.97 Å². The van der Waals surface area contributed by atoms with Gasteiger partial charge in [-0.2, -0.15) is 0 Å². The second-order valence-electron chi connectivity index (χ2n) is 6.50. The number of hydrogen-bond acceptors (Lipinski definition) is 4. The smallest absolute Gasteiger partial charge is 0.338 e. The number of esters is 1. The minimum absolute atomic E-state index is 0.301. The maximum atomic E-state index is 12.1. The number of benzene rings is 2. The number of fused-ring (bicyclic) bond motifs is 1. The van der Waals surface area contributed by atoms with Crippen LogP contribution in [0.25, 0.3) is 0 Å². The summed E-state index contributed by atoms with van der Waals surface area (Å²) in [5.41, 5.74) is 3.23. The fraction of sp³-hybridized carbons (Fsp3) is 0.350. The van der Waals surface area contributed by atoms with Crippen LogP contribution in [0.15, 0.2) is 36.4 Å². The molecule has 1 unspecified atom stereocenters. The Morgan fingerprint density at radius 2 is 1.92 bits per heavy atom. The van der Waals surface area contributed by atoms with Gasteiger partial charge in [0.15, 0.2) is 0 Å². The predicted molar refractivity (Wildman–Crippen MR) is 96.2 cm³/mol. The van der Waals surface area contributed by atoms with E-state index in [1.165, 1.54) is 5.56 Å². The van der Waals surface area contributed by atoms with Gasteiger partial charge in [0.1, 0.15) is 11.9 Å². The summed E-state index contributed by atoms with van der Waals surface area (Å²) in [4.78, 5) is 12.1. The van der Waals surface area contributed by atoms with E-state index in [0.29, 0.717) is 22.9 Å². The van der Waals surface area contributed by atoms with Crippen molar-refractivity contribution in [2.45, 2.75) is 39.6 Å². The lowest BCUT2D eigenvalue weighted by atomic mass is 9.96. The zero-order chi connectivity index (χ0) is 18.2. The molecule has 2 aromatic rings. The Kier molecular flexibility index (Phi) is 4.76. The van der Waals surface area contributed by atoms with E-state index >= 15 is 0 Å². The third-order valence-corrected chi connectivity index (χ3v) is 4.32. The second-order valence-corrected chi connectivity index (χ2v) is 6.91. The van der Waals surface area contributed by atoms with Crippen molar-refractivity contribution >= 4 is 17.6 Å². The summed E-state index contributed by atoms with van der Waals surface area (Å²) < 4.78 is 17.1. The molecule has 132 valence electrons. The van der Waals surface area contributed by atoms with E-state index in [9.17, 15) is 4.79 Å². The normalized spacial score (nSPS) is 18.2. The molecular weight excluding hydrogens is 340 g/mol. The predicted octanol–water partition coefficient (Wildman–Crippen LogP) is 5.06. The number of rotatable bonds is 3. The first-order valence-electron chi connectivity index (χ1n) is 8.24. The summed E-state index contributed by atoms with van der Waals surface area (Å²) in [6, 6.07) is 11.4. The van der Waals surface area contributed by atoms with E-state index in [1.54, 1.807) is 19.1 Å². The van der Waals surface area contributed by atoms with Crippen molar-refractivity contribution < 1.29 is 19.0 Å². The number of hydrogen-bond donors (Lipinski definition) is 0. The summed E-state index contributed by atoms with van der Waals surface area (Å²) in [5.74, 6) is -0.733. The molecule has 3 rings (SSSR count). The van der Waals surface area contributed by atoms with Crippen LogP contribution in [0.3, 0.4) is 0 Å². The Morgan fingerprint density at radius 1 is 1.24 bits per heavy atom. The van der Waals surface area contributed by atoms with Gasteiger partial charge in [0.2, 0.25) is 5.79 Å². The molecule has 0 spiro atoms. The Labute approximate surface area is 152 Å². The maximum absolute atomic E-state index is 12.1. The highest BCUT2D eigenvalue weighted by molar-refractivity contribution is 6.32. The average molecular weight is 361 g/mol. The lowest BCUT2D eigenvalue weighted by Gasteiger charge is -2.38. The van der Waals surface area contributed by atoms with E-state index in [-0.39, 0.29) is 6.10 Å². The van der Waals surface area contributed by atoms with Crippen molar-refractivity contribution in [3.8, 4) is 5.75 Å². The largest absolute Gasteiger partial charge is 0.462 e. The van der Waals surface area contributed by atoms with Crippen LogP contribution in [-0.4, -0.2) is 18.4 Å².